The summed E-state index contributed by atoms with van der Waals surface area (Å²) >= 11 is 0. The van der Waals surface area contributed by atoms with Crippen molar-refractivity contribution in [2.45, 2.75) is 85.4 Å². The quantitative estimate of drug-likeness (QED) is 0.155. The lowest BCUT2D eigenvalue weighted by Gasteiger charge is -2.19. The van der Waals surface area contributed by atoms with Crippen LogP contribution in [0.25, 0.3) is 0 Å². The van der Waals surface area contributed by atoms with Crippen molar-refractivity contribution in [3.05, 3.63) is 83.3 Å². The van der Waals surface area contributed by atoms with E-state index in [0.29, 0.717) is 36.6 Å². The number of nitrogens with one attached hydrogen (secondary N) is 4. The van der Waals surface area contributed by atoms with Gasteiger partial charge in [0.15, 0.2) is 0 Å². The molecule has 4 atom stereocenters. The van der Waals surface area contributed by atoms with Gasteiger partial charge in [-0.05, 0) is 87.1 Å². The van der Waals surface area contributed by atoms with Crippen molar-refractivity contribution in [1.29, 1.82) is 0 Å². The molecule has 0 aliphatic carbocycles. The first-order chi connectivity index (χ1) is 19.9. The number of carbonyl (C=O) groups is 2. The lowest BCUT2D eigenvalue weighted by Crippen LogP contribution is -2.47. The zero-order valence-electron chi connectivity index (χ0n) is 25.8. The average Bonchev–Trinajstić information content (AvgIpc) is 3.36. The maximum Gasteiger partial charge on any atom is 0.246 e. The average molecular weight is 578 g/mol. The molecule has 2 aromatic carbocycles. The van der Waals surface area contributed by atoms with Crippen LogP contribution >= 0.6 is 0 Å². The van der Waals surface area contributed by atoms with E-state index in [9.17, 15) is 9.59 Å². The molecule has 3 rings (SSSR count). The smallest absolute Gasteiger partial charge is 0.246 e. The summed E-state index contributed by atoms with van der Waals surface area (Å²) in [6, 6.07) is 13.0. The Morgan fingerprint density at radius 2 is 1.76 bits per heavy atom. The summed E-state index contributed by atoms with van der Waals surface area (Å²) in [7, 11) is 0. The number of hydrogen-bond donors (Lipinski definition) is 5. The lowest BCUT2D eigenvalue weighted by atomic mass is 10.1. The third kappa shape index (κ3) is 10.2. The predicted molar refractivity (Wildman–Crippen MR) is 169 cm³/mol. The zero-order chi connectivity index (χ0) is 30.8. The fourth-order valence-electron chi connectivity index (χ4n) is 4.37. The molecule has 0 radical (unpaired) electrons. The topological polar surface area (TPSA) is 127 Å². The monoisotopic (exact) mass is 577 g/mol. The van der Waals surface area contributed by atoms with Crippen LogP contribution in [0.2, 0.25) is 0 Å². The number of rotatable bonds is 15. The summed E-state index contributed by atoms with van der Waals surface area (Å²) in [5, 5.41) is 12.4. The molecule has 2 amide bonds. The standard InChI is InChI=1S/C33H47N5O4/c1-20(2)25(7)42-19-27-13-26(14-29(15-27)38-33(40)24(6)36-32(39)23(5)34)18-41-22(4)12-21(3)35-17-30-16-28-10-8-9-11-31(28)37-30/h8-15,20,23-25,30,35,37H,3,16-19,34H2,1-2,4-7H3,(H,36,39)(H,38,40)/b22-12+/t23-,24-,25+,30-/m0/s1. The van der Waals surface area contributed by atoms with E-state index in [-0.39, 0.29) is 17.9 Å². The number of ether oxygens (including phenoxy) is 2. The number of carbonyl (C=O) groups excluding carboxylic acids is 2. The molecule has 6 N–H and O–H groups in total. The van der Waals surface area contributed by atoms with Crippen LogP contribution < -0.4 is 27.0 Å². The molecule has 2 aromatic rings. The minimum atomic E-state index is -0.749. The van der Waals surface area contributed by atoms with E-state index >= 15 is 0 Å². The van der Waals surface area contributed by atoms with Gasteiger partial charge < -0.3 is 36.5 Å². The summed E-state index contributed by atoms with van der Waals surface area (Å²) in [5.41, 5.74) is 11.3. The van der Waals surface area contributed by atoms with E-state index in [1.165, 1.54) is 11.3 Å². The number of benzene rings is 2. The first-order valence-corrected chi connectivity index (χ1v) is 14.6. The fourth-order valence-corrected chi connectivity index (χ4v) is 4.37. The Kier molecular flexibility index (Phi) is 12.0. The van der Waals surface area contributed by atoms with Gasteiger partial charge in [0.25, 0.3) is 0 Å². The highest BCUT2D eigenvalue weighted by Crippen LogP contribution is 2.25. The SMILES string of the molecule is C=C(/C=C(\C)OCc1cc(CO[C@H](C)C(C)C)cc(NC(=O)[C@H](C)NC(=O)[C@H](C)N)c1)NC[C@@H]1Cc2ccccc2N1. The highest BCUT2D eigenvalue weighted by atomic mass is 16.5. The Balaban J connectivity index is 1.60. The van der Waals surface area contributed by atoms with Gasteiger partial charge >= 0.3 is 0 Å². The summed E-state index contributed by atoms with van der Waals surface area (Å²) in [5.74, 6) is 0.352. The zero-order valence-corrected chi connectivity index (χ0v) is 25.8. The molecular weight excluding hydrogens is 530 g/mol. The molecule has 42 heavy (non-hydrogen) atoms. The van der Waals surface area contributed by atoms with E-state index < -0.39 is 12.1 Å². The summed E-state index contributed by atoms with van der Waals surface area (Å²) in [6.45, 7) is 16.9. The Labute approximate surface area is 250 Å². The summed E-state index contributed by atoms with van der Waals surface area (Å²) in [6.07, 6.45) is 2.93. The molecule has 0 fully saturated rings. The largest absolute Gasteiger partial charge is 0.493 e. The van der Waals surface area contributed by atoms with Crippen molar-refractivity contribution in [3.8, 4) is 0 Å². The van der Waals surface area contributed by atoms with E-state index in [1.807, 2.05) is 44.2 Å². The lowest BCUT2D eigenvalue weighted by molar-refractivity contribution is -0.126. The third-order valence-electron chi connectivity index (χ3n) is 7.20. The van der Waals surface area contributed by atoms with Gasteiger partial charge in [-0.25, -0.2) is 0 Å². The van der Waals surface area contributed by atoms with Crippen molar-refractivity contribution >= 4 is 23.2 Å². The highest BCUT2D eigenvalue weighted by Gasteiger charge is 2.20. The van der Waals surface area contributed by atoms with Crippen LogP contribution in [0.15, 0.2) is 66.6 Å². The van der Waals surface area contributed by atoms with Gasteiger partial charge in [0.05, 0.1) is 24.5 Å². The molecule has 1 aliphatic heterocycles. The van der Waals surface area contributed by atoms with Crippen molar-refractivity contribution in [2.75, 3.05) is 17.2 Å². The Hall–Kier alpha value is -3.82. The van der Waals surface area contributed by atoms with Gasteiger partial charge in [0, 0.05) is 29.7 Å². The maximum absolute atomic E-state index is 12.8. The minimum absolute atomic E-state index is 0.0775. The van der Waals surface area contributed by atoms with Gasteiger partial charge in [0.2, 0.25) is 11.8 Å². The third-order valence-corrected chi connectivity index (χ3v) is 7.20. The van der Waals surface area contributed by atoms with Crippen LogP contribution in [-0.2, 0) is 38.7 Å². The first-order valence-electron chi connectivity index (χ1n) is 14.6. The number of fused-ring (bicyclic) bond motifs is 1. The van der Waals surface area contributed by atoms with E-state index in [0.717, 1.165) is 29.8 Å². The first kappa shape index (κ1) is 32.7. The van der Waals surface area contributed by atoms with Gasteiger partial charge in [-0.2, -0.15) is 0 Å². The van der Waals surface area contributed by atoms with Gasteiger partial charge in [-0.15, -0.1) is 0 Å². The summed E-state index contributed by atoms with van der Waals surface area (Å²) < 4.78 is 12.1. The van der Waals surface area contributed by atoms with Crippen LogP contribution in [0.3, 0.4) is 0 Å². The number of amides is 2. The van der Waals surface area contributed by atoms with Crippen molar-refractivity contribution in [2.24, 2.45) is 11.7 Å². The fraction of sp³-hybridized carbons (Fsp3) is 0.455. The Bertz CT molecular complexity index is 1250. The second kappa shape index (κ2) is 15.4. The highest BCUT2D eigenvalue weighted by molar-refractivity contribution is 5.97. The van der Waals surface area contributed by atoms with Gasteiger partial charge in [0.1, 0.15) is 12.6 Å². The van der Waals surface area contributed by atoms with Crippen LogP contribution in [0.4, 0.5) is 11.4 Å². The second-order valence-electron chi connectivity index (χ2n) is 11.5. The molecule has 228 valence electrons. The molecule has 0 aromatic heterocycles. The second-order valence-corrected chi connectivity index (χ2v) is 11.5. The molecule has 0 bridgehead atoms. The number of para-hydroxylation sites is 1. The molecule has 0 saturated heterocycles. The van der Waals surface area contributed by atoms with Crippen LogP contribution in [0.5, 0.6) is 0 Å². The van der Waals surface area contributed by atoms with Crippen LogP contribution in [0.1, 0.15) is 58.2 Å². The number of anilines is 2. The van der Waals surface area contributed by atoms with Gasteiger partial charge in [-0.3, -0.25) is 9.59 Å². The van der Waals surface area contributed by atoms with Crippen molar-refractivity contribution in [1.82, 2.24) is 10.6 Å². The molecule has 1 heterocycles. The Morgan fingerprint density at radius 3 is 2.43 bits per heavy atom. The van der Waals surface area contributed by atoms with Crippen LogP contribution in [0, 0.1) is 5.92 Å². The van der Waals surface area contributed by atoms with Crippen molar-refractivity contribution < 1.29 is 19.1 Å². The van der Waals surface area contributed by atoms with Crippen molar-refractivity contribution in [3.63, 3.8) is 0 Å². The number of allylic oxidation sites excluding steroid dienone is 2. The van der Waals surface area contributed by atoms with E-state index in [1.54, 1.807) is 13.8 Å². The van der Waals surface area contributed by atoms with E-state index in [4.69, 9.17) is 15.2 Å². The molecule has 0 spiro atoms. The Morgan fingerprint density at radius 1 is 1.07 bits per heavy atom. The number of nitrogens with two attached hydrogens (primary N) is 1. The van der Waals surface area contributed by atoms with Gasteiger partial charge in [-0.1, -0.05) is 38.6 Å². The number of hydrogen-bond acceptors (Lipinski definition) is 7. The van der Waals surface area contributed by atoms with E-state index in [2.05, 4.69) is 59.9 Å². The molecule has 0 saturated carbocycles. The summed E-state index contributed by atoms with van der Waals surface area (Å²) in [4.78, 5) is 24.7. The molecular formula is C33H47N5O4. The molecule has 1 aliphatic rings. The molecule has 9 nitrogen and oxygen atoms in total. The van der Waals surface area contributed by atoms with Crippen LogP contribution in [-0.4, -0.2) is 42.6 Å². The molecule has 9 heteroatoms. The molecule has 0 unspecified atom stereocenters. The maximum atomic E-state index is 12.8. The normalized spacial score (nSPS) is 16.6. The predicted octanol–water partition coefficient (Wildman–Crippen LogP) is 4.60. The minimum Gasteiger partial charge on any atom is -0.493 e.